The number of hydrogen-bond donors (Lipinski definition) is 1. The third-order valence-corrected chi connectivity index (χ3v) is 3.09. The number of nitrogens with zero attached hydrogens (tertiary/aromatic N) is 1. The van der Waals surface area contributed by atoms with Crippen LogP contribution in [0.2, 0.25) is 0 Å². The minimum atomic E-state index is -0.375. The van der Waals surface area contributed by atoms with Crippen LogP contribution in [-0.4, -0.2) is 35.1 Å². The fourth-order valence-corrected chi connectivity index (χ4v) is 2.06. The zero-order valence-electron chi connectivity index (χ0n) is 8.90. The molecule has 1 fully saturated rings. The minimum absolute atomic E-state index is 0.0245. The second kappa shape index (κ2) is 4.85. The van der Waals surface area contributed by atoms with E-state index in [0.717, 1.165) is 5.56 Å². The number of halogens is 1. The number of hydrogen-bond acceptors (Lipinski definition) is 2. The Morgan fingerprint density at radius 3 is 3.00 bits per heavy atom. The molecule has 0 radical (unpaired) electrons. The average molecular weight is 240 g/mol. The van der Waals surface area contributed by atoms with Gasteiger partial charge in [-0.15, -0.1) is 11.6 Å². The largest absolute Gasteiger partial charge is 0.391 e. The highest BCUT2D eigenvalue weighted by Crippen LogP contribution is 2.15. The summed E-state index contributed by atoms with van der Waals surface area (Å²) in [6.45, 7) is 1.06. The van der Waals surface area contributed by atoms with Gasteiger partial charge in [0.2, 0.25) is 0 Å². The second-order valence-electron chi connectivity index (χ2n) is 4.03. The van der Waals surface area contributed by atoms with Crippen molar-refractivity contribution in [2.75, 3.05) is 13.1 Å². The summed E-state index contributed by atoms with van der Waals surface area (Å²) in [5.74, 6) is 0.382. The van der Waals surface area contributed by atoms with E-state index in [1.807, 2.05) is 12.1 Å². The van der Waals surface area contributed by atoms with E-state index in [9.17, 15) is 9.90 Å². The summed E-state index contributed by atoms with van der Waals surface area (Å²) < 4.78 is 0. The van der Waals surface area contributed by atoms with Gasteiger partial charge in [0.05, 0.1) is 6.10 Å². The van der Waals surface area contributed by atoms with Crippen LogP contribution in [0.3, 0.4) is 0 Å². The Hall–Kier alpha value is -1.06. The molecule has 16 heavy (non-hydrogen) atoms. The van der Waals surface area contributed by atoms with Gasteiger partial charge in [-0.3, -0.25) is 4.79 Å². The van der Waals surface area contributed by atoms with Crippen LogP contribution in [0.1, 0.15) is 22.3 Å². The zero-order chi connectivity index (χ0) is 11.5. The number of carbonyl (C=O) groups excluding carboxylic acids is 1. The van der Waals surface area contributed by atoms with Crippen LogP contribution in [-0.2, 0) is 5.88 Å². The summed E-state index contributed by atoms with van der Waals surface area (Å²) in [7, 11) is 0. The van der Waals surface area contributed by atoms with E-state index in [2.05, 4.69) is 0 Å². The predicted molar refractivity (Wildman–Crippen MR) is 62.5 cm³/mol. The monoisotopic (exact) mass is 239 g/mol. The number of likely N-dealkylation sites (tertiary alicyclic amines) is 1. The van der Waals surface area contributed by atoms with E-state index in [4.69, 9.17) is 11.6 Å². The van der Waals surface area contributed by atoms with Gasteiger partial charge >= 0.3 is 0 Å². The van der Waals surface area contributed by atoms with Crippen molar-refractivity contribution in [1.82, 2.24) is 4.90 Å². The van der Waals surface area contributed by atoms with Gasteiger partial charge < -0.3 is 10.0 Å². The van der Waals surface area contributed by atoms with Gasteiger partial charge in [-0.05, 0) is 24.1 Å². The first-order valence-corrected chi connectivity index (χ1v) is 5.86. The molecule has 1 aliphatic heterocycles. The number of alkyl halides is 1. The first-order valence-electron chi connectivity index (χ1n) is 5.33. The predicted octanol–water partition coefficient (Wildman–Crippen LogP) is 1.63. The molecule has 1 heterocycles. The highest BCUT2D eigenvalue weighted by molar-refractivity contribution is 6.17. The lowest BCUT2D eigenvalue weighted by atomic mass is 10.1. The van der Waals surface area contributed by atoms with Crippen molar-refractivity contribution < 1.29 is 9.90 Å². The average Bonchev–Trinajstić information content (AvgIpc) is 2.75. The Balaban J connectivity index is 2.14. The van der Waals surface area contributed by atoms with Gasteiger partial charge in [0.15, 0.2) is 0 Å². The highest BCUT2D eigenvalue weighted by Gasteiger charge is 2.25. The lowest BCUT2D eigenvalue weighted by molar-refractivity contribution is 0.0765. The van der Waals surface area contributed by atoms with Crippen molar-refractivity contribution in [2.45, 2.75) is 18.4 Å². The van der Waals surface area contributed by atoms with E-state index < -0.39 is 0 Å². The lowest BCUT2D eigenvalue weighted by Gasteiger charge is -2.15. The van der Waals surface area contributed by atoms with Crippen LogP contribution in [0.25, 0.3) is 0 Å². The molecule has 1 aliphatic rings. The third-order valence-electron chi connectivity index (χ3n) is 2.78. The van der Waals surface area contributed by atoms with Gasteiger partial charge in [-0.25, -0.2) is 0 Å². The molecule has 1 N–H and O–H groups in total. The smallest absolute Gasteiger partial charge is 0.253 e. The van der Waals surface area contributed by atoms with Crippen molar-refractivity contribution in [3.8, 4) is 0 Å². The second-order valence-corrected chi connectivity index (χ2v) is 4.29. The minimum Gasteiger partial charge on any atom is -0.391 e. The first kappa shape index (κ1) is 11.4. The molecule has 1 saturated heterocycles. The third kappa shape index (κ3) is 2.36. The maximum absolute atomic E-state index is 12.0. The zero-order valence-corrected chi connectivity index (χ0v) is 9.65. The normalized spacial score (nSPS) is 20.1. The van der Waals surface area contributed by atoms with E-state index in [1.54, 1.807) is 17.0 Å². The number of carbonyl (C=O) groups is 1. The number of benzene rings is 1. The number of aliphatic hydroxyl groups is 1. The van der Waals surface area contributed by atoms with Crippen LogP contribution in [0.5, 0.6) is 0 Å². The van der Waals surface area contributed by atoms with Crippen molar-refractivity contribution in [1.29, 1.82) is 0 Å². The van der Waals surface area contributed by atoms with Gasteiger partial charge in [0.1, 0.15) is 0 Å². The number of amides is 1. The topological polar surface area (TPSA) is 40.5 Å². The Morgan fingerprint density at radius 2 is 2.38 bits per heavy atom. The molecule has 86 valence electrons. The van der Waals surface area contributed by atoms with Crippen LogP contribution in [0.4, 0.5) is 0 Å². The van der Waals surface area contributed by atoms with Crippen molar-refractivity contribution in [2.24, 2.45) is 0 Å². The molecule has 1 atom stereocenters. The Kier molecular flexibility index (Phi) is 3.46. The van der Waals surface area contributed by atoms with Gasteiger partial charge in [-0.1, -0.05) is 12.1 Å². The van der Waals surface area contributed by atoms with Crippen LogP contribution < -0.4 is 0 Å². The molecule has 2 rings (SSSR count). The maximum atomic E-state index is 12.0. The van der Waals surface area contributed by atoms with Crippen LogP contribution in [0.15, 0.2) is 24.3 Å². The number of rotatable bonds is 2. The molecular formula is C12H14ClNO2. The van der Waals surface area contributed by atoms with Crippen molar-refractivity contribution >= 4 is 17.5 Å². The van der Waals surface area contributed by atoms with Crippen LogP contribution >= 0.6 is 11.6 Å². The fourth-order valence-electron chi connectivity index (χ4n) is 1.90. The van der Waals surface area contributed by atoms with Gasteiger partial charge in [-0.2, -0.15) is 0 Å². The molecule has 0 spiro atoms. The first-order chi connectivity index (χ1) is 7.70. The summed E-state index contributed by atoms with van der Waals surface area (Å²) in [6, 6.07) is 7.31. The number of aliphatic hydroxyl groups excluding tert-OH is 1. The number of β-amino-alcohol motifs (C(OH)–C–C–N with tert-alkyl or cyclic N) is 1. The molecule has 0 aliphatic carbocycles. The van der Waals surface area contributed by atoms with Gasteiger partial charge in [0, 0.05) is 24.5 Å². The molecule has 1 aromatic rings. The molecule has 0 saturated carbocycles. The summed E-state index contributed by atoms with van der Waals surface area (Å²) in [6.07, 6.45) is 0.293. The molecule has 1 amide bonds. The Bertz CT molecular complexity index is 394. The quantitative estimate of drug-likeness (QED) is 0.797. The molecule has 0 aromatic heterocycles. The van der Waals surface area contributed by atoms with Crippen LogP contribution in [0, 0.1) is 0 Å². The molecule has 4 heteroatoms. The summed E-state index contributed by atoms with van der Waals surface area (Å²) in [5, 5.41) is 9.38. The Labute approximate surface area is 99.6 Å². The van der Waals surface area contributed by atoms with E-state index in [-0.39, 0.29) is 12.0 Å². The maximum Gasteiger partial charge on any atom is 0.253 e. The summed E-state index contributed by atoms with van der Waals surface area (Å²) in [4.78, 5) is 13.7. The SMILES string of the molecule is O=C(c1cccc(CCl)c1)N1CC[C@@H](O)C1. The Morgan fingerprint density at radius 1 is 1.56 bits per heavy atom. The summed E-state index contributed by atoms with van der Waals surface area (Å²) >= 11 is 5.72. The van der Waals surface area contributed by atoms with Crippen molar-refractivity contribution in [3.05, 3.63) is 35.4 Å². The lowest BCUT2D eigenvalue weighted by Crippen LogP contribution is -2.29. The molecule has 1 aromatic carbocycles. The van der Waals surface area contributed by atoms with Gasteiger partial charge in [0.25, 0.3) is 5.91 Å². The van der Waals surface area contributed by atoms with E-state index in [1.165, 1.54) is 0 Å². The van der Waals surface area contributed by atoms with E-state index in [0.29, 0.717) is 31.0 Å². The molecule has 0 bridgehead atoms. The van der Waals surface area contributed by atoms with E-state index >= 15 is 0 Å². The fraction of sp³-hybridized carbons (Fsp3) is 0.417. The molecule has 0 unspecified atom stereocenters. The molecule has 3 nitrogen and oxygen atoms in total. The molecular weight excluding hydrogens is 226 g/mol. The van der Waals surface area contributed by atoms with Crippen molar-refractivity contribution in [3.63, 3.8) is 0 Å². The summed E-state index contributed by atoms with van der Waals surface area (Å²) in [5.41, 5.74) is 1.58. The highest BCUT2D eigenvalue weighted by atomic mass is 35.5. The standard InChI is InChI=1S/C12H14ClNO2/c13-7-9-2-1-3-10(6-9)12(16)14-5-4-11(15)8-14/h1-3,6,11,15H,4-5,7-8H2/t11-/m1/s1.